The number of esters is 1. The highest BCUT2D eigenvalue weighted by Gasteiger charge is 2.52. The zero-order valence-electron chi connectivity index (χ0n) is 19.0. The molecule has 8 nitrogen and oxygen atoms in total. The Labute approximate surface area is 192 Å². The van der Waals surface area contributed by atoms with Gasteiger partial charge in [0.2, 0.25) is 12.0 Å². The van der Waals surface area contributed by atoms with E-state index in [4.69, 9.17) is 9.47 Å². The number of carbonyl (C=O) groups is 2. The summed E-state index contributed by atoms with van der Waals surface area (Å²) in [4.78, 5) is 36.5. The molecule has 1 amide bonds. The Balaban J connectivity index is 2.00. The maximum atomic E-state index is 13.3. The minimum absolute atomic E-state index is 0.0232. The van der Waals surface area contributed by atoms with Gasteiger partial charge >= 0.3 is 12.0 Å². The SMILES string of the molecule is COC(=O)C(Oc1nc(C)cc(C)n1)C1(c2ccccc2)NCC(=O)N(C)c2ccccc21. The molecular weight excluding hydrogens is 420 g/mol. The predicted molar refractivity (Wildman–Crippen MR) is 123 cm³/mol. The predicted octanol–water partition coefficient (Wildman–Crippen LogP) is 2.52. The number of fused-ring (bicyclic) bond motifs is 1. The molecule has 1 aromatic heterocycles. The van der Waals surface area contributed by atoms with Gasteiger partial charge in [0, 0.05) is 29.7 Å². The van der Waals surface area contributed by atoms with Crippen LogP contribution in [-0.2, 0) is 19.9 Å². The second-order valence-electron chi connectivity index (χ2n) is 7.95. The van der Waals surface area contributed by atoms with Gasteiger partial charge in [0.15, 0.2) is 0 Å². The number of rotatable bonds is 5. The monoisotopic (exact) mass is 446 g/mol. The fraction of sp³-hybridized carbons (Fsp3) is 0.280. The van der Waals surface area contributed by atoms with Gasteiger partial charge in [-0.05, 0) is 31.5 Å². The summed E-state index contributed by atoms with van der Waals surface area (Å²) in [7, 11) is 3.02. The number of anilines is 1. The fourth-order valence-corrected chi connectivity index (χ4v) is 4.28. The van der Waals surface area contributed by atoms with Crippen LogP contribution in [0.5, 0.6) is 6.01 Å². The van der Waals surface area contributed by atoms with Gasteiger partial charge in [-0.1, -0.05) is 48.5 Å². The summed E-state index contributed by atoms with van der Waals surface area (Å²) in [6, 6.07) is 18.7. The molecule has 2 unspecified atom stereocenters. The van der Waals surface area contributed by atoms with Crippen molar-refractivity contribution in [1.29, 1.82) is 0 Å². The van der Waals surface area contributed by atoms with Crippen molar-refractivity contribution in [1.82, 2.24) is 15.3 Å². The minimum Gasteiger partial charge on any atom is -0.466 e. The van der Waals surface area contributed by atoms with Gasteiger partial charge in [-0.2, -0.15) is 0 Å². The Morgan fingerprint density at radius 3 is 2.36 bits per heavy atom. The molecule has 2 aromatic carbocycles. The van der Waals surface area contributed by atoms with Crippen LogP contribution in [0.2, 0.25) is 0 Å². The number of nitrogens with one attached hydrogen (secondary N) is 1. The van der Waals surface area contributed by atoms with Crippen molar-refractivity contribution in [3.05, 3.63) is 83.2 Å². The van der Waals surface area contributed by atoms with Crippen LogP contribution in [0.25, 0.3) is 0 Å². The number of aryl methyl sites for hydroxylation is 2. The van der Waals surface area contributed by atoms with Crippen LogP contribution in [0.3, 0.4) is 0 Å². The molecule has 0 radical (unpaired) electrons. The number of amides is 1. The van der Waals surface area contributed by atoms with Gasteiger partial charge in [0.1, 0.15) is 5.54 Å². The van der Waals surface area contributed by atoms with Crippen LogP contribution in [0, 0.1) is 13.8 Å². The zero-order valence-corrected chi connectivity index (χ0v) is 19.0. The number of likely N-dealkylation sites (N-methyl/N-ethyl adjacent to an activating group) is 1. The molecule has 170 valence electrons. The third-order valence-electron chi connectivity index (χ3n) is 5.81. The summed E-state index contributed by atoms with van der Waals surface area (Å²) in [5, 5.41) is 3.34. The van der Waals surface area contributed by atoms with Crippen molar-refractivity contribution in [3.63, 3.8) is 0 Å². The molecule has 0 saturated carbocycles. The van der Waals surface area contributed by atoms with Crippen LogP contribution in [0.15, 0.2) is 60.7 Å². The number of nitrogens with zero attached hydrogens (tertiary/aromatic N) is 3. The smallest absolute Gasteiger partial charge is 0.349 e. The van der Waals surface area contributed by atoms with E-state index in [1.54, 1.807) is 11.9 Å². The van der Waals surface area contributed by atoms with E-state index in [2.05, 4.69) is 15.3 Å². The third-order valence-corrected chi connectivity index (χ3v) is 5.81. The number of carbonyl (C=O) groups excluding carboxylic acids is 2. The number of ether oxygens (including phenoxy) is 2. The lowest BCUT2D eigenvalue weighted by Gasteiger charge is -2.40. The summed E-state index contributed by atoms with van der Waals surface area (Å²) in [5.41, 5.74) is 2.25. The van der Waals surface area contributed by atoms with Crippen LogP contribution >= 0.6 is 0 Å². The zero-order chi connectivity index (χ0) is 23.6. The molecule has 8 heteroatoms. The molecule has 0 aliphatic carbocycles. The van der Waals surface area contributed by atoms with Crippen molar-refractivity contribution in [2.24, 2.45) is 0 Å². The molecule has 2 atom stereocenters. The van der Waals surface area contributed by atoms with Crippen molar-refractivity contribution in [2.45, 2.75) is 25.5 Å². The van der Waals surface area contributed by atoms with Gasteiger partial charge in [-0.25, -0.2) is 14.8 Å². The van der Waals surface area contributed by atoms with Crippen molar-refractivity contribution in [2.75, 3.05) is 25.6 Å². The van der Waals surface area contributed by atoms with Gasteiger partial charge in [0.05, 0.1) is 13.7 Å². The number of benzene rings is 2. The molecule has 0 spiro atoms. The quantitative estimate of drug-likeness (QED) is 0.602. The standard InChI is InChI=1S/C25H26N4O4/c1-16-14-17(2)28-24(27-16)33-22(23(31)32-4)25(18-10-6-5-7-11-18)19-12-8-9-13-20(19)29(3)21(30)15-26-25/h5-14,22,26H,15H2,1-4H3. The summed E-state index contributed by atoms with van der Waals surface area (Å²) in [6.07, 6.45) is -1.23. The lowest BCUT2D eigenvalue weighted by Crippen LogP contribution is -2.59. The highest BCUT2D eigenvalue weighted by molar-refractivity contribution is 5.97. The molecule has 4 rings (SSSR count). The fourth-order valence-electron chi connectivity index (χ4n) is 4.28. The van der Waals surface area contributed by atoms with Crippen LogP contribution in [0.1, 0.15) is 22.5 Å². The summed E-state index contributed by atoms with van der Waals surface area (Å²) >= 11 is 0. The first-order chi connectivity index (χ1) is 15.9. The van der Waals surface area contributed by atoms with Crippen molar-refractivity contribution < 1.29 is 19.1 Å². The first-order valence-electron chi connectivity index (χ1n) is 10.6. The highest BCUT2D eigenvalue weighted by atomic mass is 16.6. The number of hydrogen-bond acceptors (Lipinski definition) is 7. The first kappa shape index (κ1) is 22.4. The molecule has 0 fully saturated rings. The third kappa shape index (κ3) is 4.05. The van der Waals surface area contributed by atoms with Gasteiger partial charge in [0.25, 0.3) is 0 Å². The van der Waals surface area contributed by atoms with Gasteiger partial charge in [-0.15, -0.1) is 0 Å². The van der Waals surface area contributed by atoms with Crippen LogP contribution in [-0.4, -0.2) is 48.7 Å². The molecule has 1 aliphatic rings. The number of aromatic nitrogens is 2. The topological polar surface area (TPSA) is 93.6 Å². The van der Waals surface area contributed by atoms with Gasteiger partial charge in [-0.3, -0.25) is 10.1 Å². The Morgan fingerprint density at radius 2 is 1.70 bits per heavy atom. The summed E-state index contributed by atoms with van der Waals surface area (Å²) in [6.45, 7) is 3.63. The lowest BCUT2D eigenvalue weighted by molar-refractivity contribution is -0.153. The Bertz CT molecular complexity index is 1160. The number of para-hydroxylation sites is 1. The normalized spacial score (nSPS) is 18.8. The maximum absolute atomic E-state index is 13.3. The minimum atomic E-state index is -1.26. The van der Waals surface area contributed by atoms with Crippen molar-refractivity contribution >= 4 is 17.6 Å². The average Bonchev–Trinajstić information content (AvgIpc) is 2.93. The maximum Gasteiger partial charge on any atom is 0.349 e. The Morgan fingerprint density at radius 1 is 1.06 bits per heavy atom. The van der Waals surface area contributed by atoms with Crippen LogP contribution in [0.4, 0.5) is 5.69 Å². The number of methoxy groups -OCH3 is 1. The molecule has 1 N–H and O–H groups in total. The van der Waals surface area contributed by atoms with Crippen LogP contribution < -0.4 is 15.0 Å². The number of hydrogen-bond donors (Lipinski definition) is 1. The Hall–Kier alpha value is -3.78. The first-order valence-corrected chi connectivity index (χ1v) is 10.6. The Kier molecular flexibility index (Phi) is 6.11. The highest BCUT2D eigenvalue weighted by Crippen LogP contribution is 2.41. The van der Waals surface area contributed by atoms with E-state index in [0.29, 0.717) is 22.6 Å². The van der Waals surface area contributed by atoms with E-state index in [9.17, 15) is 9.59 Å². The van der Waals surface area contributed by atoms with E-state index in [0.717, 1.165) is 5.56 Å². The van der Waals surface area contributed by atoms with E-state index in [1.165, 1.54) is 7.11 Å². The van der Waals surface area contributed by atoms with E-state index < -0.39 is 17.6 Å². The molecular formula is C25H26N4O4. The van der Waals surface area contributed by atoms with Gasteiger partial charge < -0.3 is 14.4 Å². The van der Waals surface area contributed by atoms with Crippen molar-refractivity contribution in [3.8, 4) is 6.01 Å². The second kappa shape index (κ2) is 8.99. The summed E-state index contributed by atoms with van der Waals surface area (Å²) < 4.78 is 11.4. The molecule has 0 bridgehead atoms. The lowest BCUT2D eigenvalue weighted by atomic mass is 9.77. The van der Waals surface area contributed by atoms with E-state index >= 15 is 0 Å². The molecule has 2 heterocycles. The molecule has 3 aromatic rings. The molecule has 0 saturated heterocycles. The van der Waals surface area contributed by atoms with E-state index in [-0.39, 0.29) is 18.5 Å². The molecule has 1 aliphatic heterocycles. The van der Waals surface area contributed by atoms with E-state index in [1.807, 2.05) is 74.5 Å². The summed E-state index contributed by atoms with van der Waals surface area (Å²) in [5.74, 6) is -0.771. The average molecular weight is 447 g/mol. The molecule has 33 heavy (non-hydrogen) atoms. The second-order valence-corrected chi connectivity index (χ2v) is 7.95. The largest absolute Gasteiger partial charge is 0.466 e.